The Balaban J connectivity index is 2.10. The zero-order chi connectivity index (χ0) is 15.7. The summed E-state index contributed by atoms with van der Waals surface area (Å²) in [6, 6.07) is 13.2. The number of nitrogens with zero attached hydrogens (tertiary/aromatic N) is 2. The summed E-state index contributed by atoms with van der Waals surface area (Å²) in [5.74, 6) is 0.385. The quantitative estimate of drug-likeness (QED) is 0.729. The minimum absolute atomic E-state index is 0.265. The van der Waals surface area contributed by atoms with Gasteiger partial charge in [0.25, 0.3) is 5.91 Å². The van der Waals surface area contributed by atoms with Crippen LogP contribution in [0.1, 0.15) is 15.9 Å². The molecule has 0 atom stereocenters. The molecule has 0 radical (unpaired) electrons. The first-order chi connectivity index (χ1) is 10.6. The van der Waals surface area contributed by atoms with Crippen LogP contribution in [-0.2, 0) is 7.05 Å². The Morgan fingerprint density at radius 3 is 2.73 bits per heavy atom. The summed E-state index contributed by atoms with van der Waals surface area (Å²) in [5.41, 5.74) is 2.81. The molecule has 3 aromatic rings. The third-order valence-electron chi connectivity index (χ3n) is 3.54. The second kappa shape index (κ2) is 5.77. The van der Waals surface area contributed by atoms with Crippen LogP contribution >= 0.6 is 11.3 Å². The van der Waals surface area contributed by atoms with Gasteiger partial charge < -0.3 is 9.30 Å². The SMILES string of the molecule is COc1cccc(C(=O)N=c2sc3cccc(C)c3n2C)c1. The van der Waals surface area contributed by atoms with Crippen molar-refractivity contribution in [3.63, 3.8) is 0 Å². The number of aromatic nitrogens is 1. The first-order valence-electron chi connectivity index (χ1n) is 6.88. The maximum absolute atomic E-state index is 12.4. The number of hydrogen-bond donors (Lipinski definition) is 0. The van der Waals surface area contributed by atoms with Gasteiger partial charge in [-0.05, 0) is 36.8 Å². The molecule has 0 aliphatic heterocycles. The molecule has 3 rings (SSSR count). The zero-order valence-electron chi connectivity index (χ0n) is 12.7. The van der Waals surface area contributed by atoms with E-state index in [1.165, 1.54) is 16.9 Å². The first-order valence-corrected chi connectivity index (χ1v) is 7.70. The number of carbonyl (C=O) groups is 1. The van der Waals surface area contributed by atoms with Gasteiger partial charge >= 0.3 is 0 Å². The second-order valence-electron chi connectivity index (χ2n) is 5.01. The molecule has 1 aromatic heterocycles. The number of para-hydroxylation sites is 1. The number of fused-ring (bicyclic) bond motifs is 1. The molecule has 2 aromatic carbocycles. The third-order valence-corrected chi connectivity index (χ3v) is 4.64. The number of ether oxygens (including phenoxy) is 1. The van der Waals surface area contributed by atoms with Gasteiger partial charge in [-0.25, -0.2) is 0 Å². The zero-order valence-corrected chi connectivity index (χ0v) is 13.5. The smallest absolute Gasteiger partial charge is 0.279 e. The molecule has 0 N–H and O–H groups in total. The molecular formula is C17H16N2O2S. The largest absolute Gasteiger partial charge is 0.497 e. The van der Waals surface area contributed by atoms with Crippen molar-refractivity contribution in [1.82, 2.24) is 4.57 Å². The fourth-order valence-electron chi connectivity index (χ4n) is 2.41. The lowest BCUT2D eigenvalue weighted by Crippen LogP contribution is -2.13. The number of carbonyl (C=O) groups excluding carboxylic acids is 1. The van der Waals surface area contributed by atoms with Gasteiger partial charge in [0, 0.05) is 12.6 Å². The maximum atomic E-state index is 12.4. The molecule has 0 fully saturated rings. The van der Waals surface area contributed by atoms with Gasteiger partial charge in [0.05, 0.1) is 17.3 Å². The Bertz CT molecular complexity index is 922. The van der Waals surface area contributed by atoms with E-state index in [1.807, 2.05) is 23.7 Å². The van der Waals surface area contributed by atoms with Gasteiger partial charge in [0.2, 0.25) is 0 Å². The monoisotopic (exact) mass is 312 g/mol. The van der Waals surface area contributed by atoms with E-state index in [0.29, 0.717) is 16.1 Å². The Morgan fingerprint density at radius 1 is 1.23 bits per heavy atom. The van der Waals surface area contributed by atoms with Crippen molar-refractivity contribution in [3.05, 3.63) is 58.4 Å². The van der Waals surface area contributed by atoms with Crippen molar-refractivity contribution in [2.45, 2.75) is 6.92 Å². The molecule has 0 bridgehead atoms. The lowest BCUT2D eigenvalue weighted by molar-refractivity contribution is 0.0997. The number of rotatable bonds is 2. The van der Waals surface area contributed by atoms with Gasteiger partial charge in [-0.2, -0.15) is 4.99 Å². The molecule has 0 aliphatic carbocycles. The number of hydrogen-bond acceptors (Lipinski definition) is 3. The van der Waals surface area contributed by atoms with Crippen LogP contribution in [0.15, 0.2) is 47.5 Å². The van der Waals surface area contributed by atoms with Crippen LogP contribution in [0, 0.1) is 6.92 Å². The number of aryl methyl sites for hydroxylation is 2. The summed E-state index contributed by atoms with van der Waals surface area (Å²) in [7, 11) is 3.51. The highest BCUT2D eigenvalue weighted by molar-refractivity contribution is 7.16. The molecule has 1 heterocycles. The van der Waals surface area contributed by atoms with Crippen LogP contribution in [0.3, 0.4) is 0 Å². The maximum Gasteiger partial charge on any atom is 0.279 e. The van der Waals surface area contributed by atoms with Gasteiger partial charge in [-0.1, -0.05) is 29.5 Å². The highest BCUT2D eigenvalue weighted by atomic mass is 32.1. The standard InChI is InChI=1S/C17H16N2O2S/c1-11-6-4-9-14-15(11)19(2)17(22-14)18-16(20)12-7-5-8-13(10-12)21-3/h4-10H,1-3H3. The lowest BCUT2D eigenvalue weighted by atomic mass is 10.2. The van der Waals surface area contributed by atoms with Crippen molar-refractivity contribution in [2.24, 2.45) is 12.0 Å². The number of benzene rings is 2. The molecule has 4 nitrogen and oxygen atoms in total. The molecule has 1 amide bonds. The molecule has 112 valence electrons. The van der Waals surface area contributed by atoms with E-state index in [4.69, 9.17) is 4.74 Å². The van der Waals surface area contributed by atoms with Gasteiger partial charge in [-0.15, -0.1) is 0 Å². The summed E-state index contributed by atoms with van der Waals surface area (Å²) >= 11 is 1.52. The molecule has 0 saturated heterocycles. The van der Waals surface area contributed by atoms with Gasteiger partial charge in [0.15, 0.2) is 4.80 Å². The average molecular weight is 312 g/mol. The van der Waals surface area contributed by atoms with E-state index in [2.05, 4.69) is 18.0 Å². The molecule has 0 saturated carbocycles. The minimum atomic E-state index is -0.265. The van der Waals surface area contributed by atoms with Crippen LogP contribution in [0.2, 0.25) is 0 Å². The van der Waals surface area contributed by atoms with Crippen LogP contribution in [0.4, 0.5) is 0 Å². The Hall–Kier alpha value is -2.40. The Morgan fingerprint density at radius 2 is 2.00 bits per heavy atom. The van der Waals surface area contributed by atoms with E-state index in [9.17, 15) is 4.79 Å². The van der Waals surface area contributed by atoms with Crippen LogP contribution < -0.4 is 9.54 Å². The fraction of sp³-hybridized carbons (Fsp3) is 0.176. The first kappa shape index (κ1) is 14.5. The lowest BCUT2D eigenvalue weighted by Gasteiger charge is -2.01. The summed E-state index contributed by atoms with van der Waals surface area (Å²) < 4.78 is 8.24. The van der Waals surface area contributed by atoms with Crippen LogP contribution in [0.5, 0.6) is 5.75 Å². The van der Waals surface area contributed by atoms with Crippen molar-refractivity contribution in [3.8, 4) is 5.75 Å². The van der Waals surface area contributed by atoms with E-state index in [1.54, 1.807) is 31.4 Å². The second-order valence-corrected chi connectivity index (χ2v) is 6.02. The summed E-state index contributed by atoms with van der Waals surface area (Å²) in [5, 5.41) is 0. The molecule has 5 heteroatoms. The van der Waals surface area contributed by atoms with E-state index in [0.717, 1.165) is 10.2 Å². The van der Waals surface area contributed by atoms with E-state index < -0.39 is 0 Å². The van der Waals surface area contributed by atoms with Crippen molar-refractivity contribution < 1.29 is 9.53 Å². The van der Waals surface area contributed by atoms with E-state index in [-0.39, 0.29) is 5.91 Å². The van der Waals surface area contributed by atoms with Crippen molar-refractivity contribution in [2.75, 3.05) is 7.11 Å². The number of thiazole rings is 1. The van der Waals surface area contributed by atoms with Crippen molar-refractivity contribution >= 4 is 27.5 Å². The highest BCUT2D eigenvalue weighted by Crippen LogP contribution is 2.20. The topological polar surface area (TPSA) is 43.6 Å². The normalized spacial score (nSPS) is 11.9. The molecule has 0 unspecified atom stereocenters. The predicted molar refractivity (Wildman–Crippen MR) is 88.4 cm³/mol. The Kier molecular flexibility index (Phi) is 3.81. The summed E-state index contributed by atoms with van der Waals surface area (Å²) in [6.07, 6.45) is 0. The average Bonchev–Trinajstić information content (AvgIpc) is 2.85. The predicted octanol–water partition coefficient (Wildman–Crippen LogP) is 3.30. The van der Waals surface area contributed by atoms with Gasteiger partial charge in [0.1, 0.15) is 5.75 Å². The van der Waals surface area contributed by atoms with Crippen LogP contribution in [0.25, 0.3) is 10.2 Å². The van der Waals surface area contributed by atoms with Crippen LogP contribution in [-0.4, -0.2) is 17.6 Å². The Labute approximate surface area is 132 Å². The highest BCUT2D eigenvalue weighted by Gasteiger charge is 2.09. The van der Waals surface area contributed by atoms with Gasteiger partial charge in [-0.3, -0.25) is 4.79 Å². The summed E-state index contributed by atoms with van der Waals surface area (Å²) in [4.78, 5) is 17.3. The third kappa shape index (κ3) is 2.55. The molecular weight excluding hydrogens is 296 g/mol. The fourth-order valence-corrected chi connectivity index (χ4v) is 3.51. The molecule has 0 aliphatic rings. The summed E-state index contributed by atoms with van der Waals surface area (Å²) in [6.45, 7) is 2.06. The van der Waals surface area contributed by atoms with Crippen molar-refractivity contribution in [1.29, 1.82) is 0 Å². The number of amides is 1. The minimum Gasteiger partial charge on any atom is -0.497 e. The number of methoxy groups -OCH3 is 1. The van der Waals surface area contributed by atoms with E-state index >= 15 is 0 Å². The molecule has 22 heavy (non-hydrogen) atoms. The molecule has 0 spiro atoms.